The fourth-order valence-electron chi connectivity index (χ4n) is 3.99. The Balaban J connectivity index is 1.56. The number of hydrogen-bond acceptors (Lipinski definition) is 2. The van der Waals surface area contributed by atoms with Gasteiger partial charge in [-0.2, -0.15) is 0 Å². The summed E-state index contributed by atoms with van der Waals surface area (Å²) >= 11 is 0. The number of aromatic nitrogens is 2. The lowest BCUT2D eigenvalue weighted by Crippen LogP contribution is -2.36. The Morgan fingerprint density at radius 1 is 1.08 bits per heavy atom. The molecular formula is C22H19N3O. The number of nitrogens with one attached hydrogen (secondary N) is 1. The first-order chi connectivity index (χ1) is 12.7. The standard InChI is InChI=1S/C22H19N3O/c1-14-12-17(15-6-2-4-8-19(15)23-14)22(26)25-11-10-21-18(13-25)16-7-3-5-9-20(16)24-21/h2-9,12,24H,10-11,13H2,1H3. The summed E-state index contributed by atoms with van der Waals surface area (Å²) in [6.45, 7) is 3.32. The van der Waals surface area contributed by atoms with E-state index < -0.39 is 0 Å². The van der Waals surface area contributed by atoms with Crippen LogP contribution < -0.4 is 0 Å². The van der Waals surface area contributed by atoms with Gasteiger partial charge >= 0.3 is 0 Å². The summed E-state index contributed by atoms with van der Waals surface area (Å²) in [5.74, 6) is 0.0858. The molecule has 1 amide bonds. The van der Waals surface area contributed by atoms with E-state index in [4.69, 9.17) is 0 Å². The highest BCUT2D eigenvalue weighted by molar-refractivity contribution is 6.06. The van der Waals surface area contributed by atoms with E-state index >= 15 is 0 Å². The molecule has 2 aromatic carbocycles. The summed E-state index contributed by atoms with van der Waals surface area (Å²) in [5.41, 5.74) is 6.15. The highest BCUT2D eigenvalue weighted by atomic mass is 16.2. The van der Waals surface area contributed by atoms with Crippen molar-refractivity contribution in [3.63, 3.8) is 0 Å². The number of rotatable bonds is 1. The molecule has 0 atom stereocenters. The smallest absolute Gasteiger partial charge is 0.254 e. The van der Waals surface area contributed by atoms with Gasteiger partial charge in [0, 0.05) is 52.8 Å². The van der Waals surface area contributed by atoms with Crippen LogP contribution in [0.1, 0.15) is 27.3 Å². The second kappa shape index (κ2) is 5.70. The summed E-state index contributed by atoms with van der Waals surface area (Å²) < 4.78 is 0. The predicted molar refractivity (Wildman–Crippen MR) is 103 cm³/mol. The average molecular weight is 341 g/mol. The Morgan fingerprint density at radius 2 is 1.85 bits per heavy atom. The number of aromatic amines is 1. The zero-order valence-electron chi connectivity index (χ0n) is 14.6. The summed E-state index contributed by atoms with van der Waals surface area (Å²) in [6.07, 6.45) is 0.859. The number of nitrogens with zero attached hydrogens (tertiary/aromatic N) is 2. The Kier molecular flexibility index (Phi) is 3.32. The van der Waals surface area contributed by atoms with Crippen molar-refractivity contribution in [3.8, 4) is 0 Å². The number of para-hydroxylation sites is 2. The third-order valence-electron chi connectivity index (χ3n) is 5.24. The molecule has 4 nitrogen and oxygen atoms in total. The molecule has 5 rings (SSSR count). The van der Waals surface area contributed by atoms with Crippen molar-refractivity contribution in [2.45, 2.75) is 19.9 Å². The number of carbonyl (C=O) groups is 1. The molecule has 0 aliphatic carbocycles. The average Bonchev–Trinajstić information content (AvgIpc) is 3.04. The number of pyridine rings is 1. The molecule has 2 aromatic heterocycles. The first-order valence-corrected chi connectivity index (χ1v) is 8.95. The van der Waals surface area contributed by atoms with Gasteiger partial charge in [0.25, 0.3) is 5.91 Å². The normalized spacial score (nSPS) is 14.0. The molecule has 3 heterocycles. The SMILES string of the molecule is Cc1cc(C(=O)N2CCc3[nH]c4ccccc4c3C2)c2ccccc2n1. The minimum absolute atomic E-state index is 0.0858. The van der Waals surface area contributed by atoms with E-state index in [0.717, 1.165) is 40.6 Å². The second-order valence-corrected chi connectivity index (χ2v) is 6.93. The minimum Gasteiger partial charge on any atom is -0.358 e. The number of carbonyl (C=O) groups excluding carboxylic acids is 1. The van der Waals surface area contributed by atoms with Crippen LogP contribution in [0.2, 0.25) is 0 Å². The van der Waals surface area contributed by atoms with Gasteiger partial charge in [-0.1, -0.05) is 36.4 Å². The molecule has 1 N–H and O–H groups in total. The maximum Gasteiger partial charge on any atom is 0.254 e. The fourth-order valence-corrected chi connectivity index (χ4v) is 3.99. The second-order valence-electron chi connectivity index (χ2n) is 6.93. The van der Waals surface area contributed by atoms with Crippen LogP contribution in [0.4, 0.5) is 0 Å². The van der Waals surface area contributed by atoms with Gasteiger partial charge < -0.3 is 9.88 Å². The third-order valence-corrected chi connectivity index (χ3v) is 5.24. The van der Waals surface area contributed by atoms with E-state index in [0.29, 0.717) is 6.54 Å². The lowest BCUT2D eigenvalue weighted by Gasteiger charge is -2.28. The molecule has 4 aromatic rings. The maximum atomic E-state index is 13.3. The number of fused-ring (bicyclic) bond motifs is 4. The van der Waals surface area contributed by atoms with Gasteiger partial charge in [0.1, 0.15) is 0 Å². The molecule has 0 fully saturated rings. The molecule has 1 aliphatic heterocycles. The number of benzene rings is 2. The van der Waals surface area contributed by atoms with Crippen LogP contribution in [0.25, 0.3) is 21.8 Å². The maximum absolute atomic E-state index is 13.3. The van der Waals surface area contributed by atoms with Crippen molar-refractivity contribution in [2.75, 3.05) is 6.54 Å². The lowest BCUT2D eigenvalue weighted by molar-refractivity contribution is 0.0737. The first-order valence-electron chi connectivity index (χ1n) is 8.95. The van der Waals surface area contributed by atoms with E-state index in [1.54, 1.807) is 0 Å². The van der Waals surface area contributed by atoms with Crippen molar-refractivity contribution in [1.29, 1.82) is 0 Å². The van der Waals surface area contributed by atoms with Crippen LogP contribution in [0, 0.1) is 6.92 Å². The Hall–Kier alpha value is -3.14. The van der Waals surface area contributed by atoms with Crippen LogP contribution in [0.3, 0.4) is 0 Å². The quantitative estimate of drug-likeness (QED) is 0.563. The zero-order chi connectivity index (χ0) is 17.7. The molecule has 1 aliphatic rings. The Morgan fingerprint density at radius 3 is 2.73 bits per heavy atom. The number of hydrogen-bond donors (Lipinski definition) is 1. The van der Waals surface area contributed by atoms with Crippen molar-refractivity contribution in [2.24, 2.45) is 0 Å². The van der Waals surface area contributed by atoms with Crippen molar-refractivity contribution in [1.82, 2.24) is 14.9 Å². The van der Waals surface area contributed by atoms with Crippen molar-refractivity contribution < 1.29 is 4.79 Å². The molecule has 0 saturated carbocycles. The summed E-state index contributed by atoms with van der Waals surface area (Å²) in [6, 6.07) is 18.1. The van der Waals surface area contributed by atoms with E-state index in [1.165, 1.54) is 16.6 Å². The van der Waals surface area contributed by atoms with Crippen LogP contribution in [-0.2, 0) is 13.0 Å². The molecular weight excluding hydrogens is 322 g/mol. The molecule has 4 heteroatoms. The van der Waals surface area contributed by atoms with E-state index in [2.05, 4.69) is 28.2 Å². The number of aryl methyl sites for hydroxylation is 1. The van der Waals surface area contributed by atoms with Gasteiger partial charge in [-0.3, -0.25) is 9.78 Å². The van der Waals surface area contributed by atoms with E-state index in [-0.39, 0.29) is 5.91 Å². The lowest BCUT2D eigenvalue weighted by atomic mass is 10.0. The largest absolute Gasteiger partial charge is 0.358 e. The van der Waals surface area contributed by atoms with Crippen LogP contribution in [-0.4, -0.2) is 27.3 Å². The molecule has 0 radical (unpaired) electrons. The summed E-state index contributed by atoms with van der Waals surface area (Å²) in [7, 11) is 0. The predicted octanol–water partition coefficient (Wildman–Crippen LogP) is 4.22. The van der Waals surface area contributed by atoms with E-state index in [1.807, 2.05) is 48.2 Å². The molecule has 0 bridgehead atoms. The van der Waals surface area contributed by atoms with Gasteiger partial charge in [0.05, 0.1) is 11.1 Å². The van der Waals surface area contributed by atoms with Gasteiger partial charge in [-0.25, -0.2) is 0 Å². The molecule has 0 saturated heterocycles. The summed E-state index contributed by atoms with van der Waals surface area (Å²) in [5, 5.41) is 2.14. The van der Waals surface area contributed by atoms with Gasteiger partial charge in [0.15, 0.2) is 0 Å². The first kappa shape index (κ1) is 15.1. The zero-order valence-corrected chi connectivity index (χ0v) is 14.6. The number of amides is 1. The third kappa shape index (κ3) is 2.30. The van der Waals surface area contributed by atoms with Crippen molar-refractivity contribution >= 4 is 27.7 Å². The molecule has 0 unspecified atom stereocenters. The van der Waals surface area contributed by atoms with Crippen LogP contribution in [0.5, 0.6) is 0 Å². The van der Waals surface area contributed by atoms with E-state index in [9.17, 15) is 4.79 Å². The molecule has 26 heavy (non-hydrogen) atoms. The highest BCUT2D eigenvalue weighted by Gasteiger charge is 2.26. The van der Waals surface area contributed by atoms with Crippen LogP contribution >= 0.6 is 0 Å². The molecule has 0 spiro atoms. The topological polar surface area (TPSA) is 49.0 Å². The Bertz CT molecular complexity index is 1160. The van der Waals surface area contributed by atoms with Crippen molar-refractivity contribution in [3.05, 3.63) is 77.1 Å². The van der Waals surface area contributed by atoms with Crippen LogP contribution in [0.15, 0.2) is 54.6 Å². The van der Waals surface area contributed by atoms with Gasteiger partial charge in [0.2, 0.25) is 0 Å². The summed E-state index contributed by atoms with van der Waals surface area (Å²) in [4.78, 5) is 23.3. The fraction of sp³-hybridized carbons (Fsp3) is 0.182. The molecule has 128 valence electrons. The highest BCUT2D eigenvalue weighted by Crippen LogP contribution is 2.29. The van der Waals surface area contributed by atoms with Gasteiger partial charge in [-0.05, 0) is 25.1 Å². The van der Waals surface area contributed by atoms with Gasteiger partial charge in [-0.15, -0.1) is 0 Å². The number of H-pyrrole nitrogens is 1. The minimum atomic E-state index is 0.0858. The Labute approximate surface area is 151 Å². The monoisotopic (exact) mass is 341 g/mol.